The first-order valence-electron chi connectivity index (χ1n) is 6.91. The van der Waals surface area contributed by atoms with Gasteiger partial charge in [0.1, 0.15) is 11.6 Å². The molecule has 0 unspecified atom stereocenters. The smallest absolute Gasteiger partial charge is 0.227 e. The maximum Gasteiger partial charge on any atom is 0.227 e. The Labute approximate surface area is 134 Å². The molecule has 2 aromatic rings. The van der Waals surface area contributed by atoms with Crippen LogP contribution in [0.25, 0.3) is 0 Å². The second-order valence-corrected chi connectivity index (χ2v) is 6.37. The number of hydrogen-bond acceptors (Lipinski definition) is 2. The normalized spacial score (nSPS) is 15.0. The Kier molecular flexibility index (Phi) is 4.24. The molecule has 3 rings (SSSR count). The summed E-state index contributed by atoms with van der Waals surface area (Å²) in [5.41, 5.74) is 0.228. The van der Waals surface area contributed by atoms with Crippen molar-refractivity contribution in [1.82, 2.24) is 14.7 Å². The fourth-order valence-corrected chi connectivity index (χ4v) is 2.86. The maximum absolute atomic E-state index is 13.5. The fourth-order valence-electron chi connectivity index (χ4n) is 2.53. The van der Waals surface area contributed by atoms with Crippen LogP contribution in [-0.2, 0) is 17.8 Å². The minimum Gasteiger partial charge on any atom is -0.342 e. The number of carbonyl (C=O) groups is 1. The second-order valence-electron chi connectivity index (χ2n) is 5.46. The van der Waals surface area contributed by atoms with Crippen LogP contribution < -0.4 is 0 Å². The molecule has 1 amide bonds. The summed E-state index contributed by atoms with van der Waals surface area (Å²) < 4.78 is 29.1. The van der Waals surface area contributed by atoms with Gasteiger partial charge in [-0.05, 0) is 27.6 Å². The molecule has 7 heteroatoms. The highest BCUT2D eigenvalue weighted by Crippen LogP contribution is 2.20. The molecule has 0 aliphatic carbocycles. The van der Waals surface area contributed by atoms with Gasteiger partial charge in [-0.15, -0.1) is 0 Å². The summed E-state index contributed by atoms with van der Waals surface area (Å²) in [5, 5.41) is 4.18. The van der Waals surface area contributed by atoms with E-state index in [-0.39, 0.29) is 17.9 Å². The second kappa shape index (κ2) is 6.16. The van der Waals surface area contributed by atoms with Gasteiger partial charge in [-0.1, -0.05) is 6.07 Å². The predicted octanol–water partition coefficient (Wildman–Crippen LogP) is 2.62. The van der Waals surface area contributed by atoms with E-state index in [4.69, 9.17) is 0 Å². The maximum atomic E-state index is 13.5. The number of likely N-dealkylation sites (tertiary alicyclic amines) is 1. The van der Waals surface area contributed by atoms with Crippen molar-refractivity contribution < 1.29 is 13.6 Å². The fraction of sp³-hybridized carbons (Fsp3) is 0.333. The molecule has 0 radical (unpaired) electrons. The molecule has 1 aromatic carbocycles. The van der Waals surface area contributed by atoms with Crippen LogP contribution in [-0.4, -0.2) is 33.7 Å². The van der Waals surface area contributed by atoms with Crippen molar-refractivity contribution in [2.24, 2.45) is 5.92 Å². The highest BCUT2D eigenvalue weighted by Gasteiger charge is 2.31. The van der Waals surface area contributed by atoms with Gasteiger partial charge in [-0.25, -0.2) is 8.78 Å². The summed E-state index contributed by atoms with van der Waals surface area (Å²) in [7, 11) is 0. The van der Waals surface area contributed by atoms with Crippen LogP contribution in [0.3, 0.4) is 0 Å². The third kappa shape index (κ3) is 3.35. The molecule has 1 aliphatic heterocycles. The average Bonchev–Trinajstić information content (AvgIpc) is 2.82. The van der Waals surface area contributed by atoms with Gasteiger partial charge in [0, 0.05) is 37.8 Å². The first kappa shape index (κ1) is 15.1. The summed E-state index contributed by atoms with van der Waals surface area (Å²) in [6, 6.07) is 3.29. The van der Waals surface area contributed by atoms with Crippen LogP contribution in [0.15, 0.2) is 35.1 Å². The molecule has 1 fully saturated rings. The molecule has 22 heavy (non-hydrogen) atoms. The van der Waals surface area contributed by atoms with Gasteiger partial charge in [-0.2, -0.15) is 5.10 Å². The Balaban J connectivity index is 1.51. The van der Waals surface area contributed by atoms with Crippen molar-refractivity contribution in [1.29, 1.82) is 0 Å². The van der Waals surface area contributed by atoms with Crippen molar-refractivity contribution in [3.05, 3.63) is 52.3 Å². The summed E-state index contributed by atoms with van der Waals surface area (Å²) in [6.45, 7) is 2.03. The highest BCUT2D eigenvalue weighted by molar-refractivity contribution is 9.10. The third-order valence-corrected chi connectivity index (χ3v) is 4.12. The van der Waals surface area contributed by atoms with E-state index in [9.17, 15) is 13.6 Å². The van der Waals surface area contributed by atoms with E-state index in [0.29, 0.717) is 19.0 Å². The van der Waals surface area contributed by atoms with E-state index in [1.54, 1.807) is 11.1 Å². The van der Waals surface area contributed by atoms with Gasteiger partial charge in [0.05, 0.1) is 17.1 Å². The molecule has 0 spiro atoms. The number of halogens is 3. The lowest BCUT2D eigenvalue weighted by atomic mass is 9.99. The summed E-state index contributed by atoms with van der Waals surface area (Å²) in [5.74, 6) is -1.09. The topological polar surface area (TPSA) is 38.1 Å². The van der Waals surface area contributed by atoms with Gasteiger partial charge < -0.3 is 4.90 Å². The largest absolute Gasteiger partial charge is 0.342 e. The number of rotatable bonds is 4. The van der Waals surface area contributed by atoms with E-state index in [1.165, 1.54) is 12.1 Å². The van der Waals surface area contributed by atoms with Crippen molar-refractivity contribution in [2.75, 3.05) is 13.1 Å². The van der Waals surface area contributed by atoms with E-state index >= 15 is 0 Å². The first-order chi connectivity index (χ1) is 10.5. The molecule has 116 valence electrons. The van der Waals surface area contributed by atoms with Gasteiger partial charge >= 0.3 is 0 Å². The van der Waals surface area contributed by atoms with Crippen LogP contribution >= 0.6 is 15.9 Å². The van der Waals surface area contributed by atoms with Crippen molar-refractivity contribution >= 4 is 21.8 Å². The average molecular weight is 370 g/mol. The number of hydrogen-bond donors (Lipinski definition) is 0. The standard InChI is InChI=1S/C15H14BrF2N3O/c16-12-5-19-21(9-12)8-10-6-20(7-10)15(22)3-11-1-2-13(17)4-14(11)18/h1-2,4-5,9-10H,3,6-8H2. The van der Waals surface area contributed by atoms with Gasteiger partial charge in [-0.3, -0.25) is 9.48 Å². The Hall–Kier alpha value is -1.76. The summed E-state index contributed by atoms with van der Waals surface area (Å²) >= 11 is 3.34. The van der Waals surface area contributed by atoms with Crippen molar-refractivity contribution in [2.45, 2.75) is 13.0 Å². The number of nitrogens with zero attached hydrogens (tertiary/aromatic N) is 3. The molecule has 1 aliphatic rings. The van der Waals surface area contributed by atoms with Crippen molar-refractivity contribution in [3.63, 3.8) is 0 Å². The van der Waals surface area contributed by atoms with Crippen LogP contribution in [0.1, 0.15) is 5.56 Å². The minimum absolute atomic E-state index is 0.0356. The SMILES string of the molecule is O=C(Cc1ccc(F)cc1F)N1CC(Cn2cc(Br)cn2)C1. The Morgan fingerprint density at radius 1 is 1.36 bits per heavy atom. The molecule has 4 nitrogen and oxygen atoms in total. The lowest BCUT2D eigenvalue weighted by molar-refractivity contribution is -0.137. The molecule has 1 aromatic heterocycles. The molecule has 0 bridgehead atoms. The summed E-state index contributed by atoms with van der Waals surface area (Å²) in [6.07, 6.45) is 3.57. The van der Waals surface area contributed by atoms with Crippen LogP contribution in [0.2, 0.25) is 0 Å². The predicted molar refractivity (Wildman–Crippen MR) is 80.1 cm³/mol. The molecule has 0 N–H and O–H groups in total. The van der Waals surface area contributed by atoms with Gasteiger partial charge in [0.2, 0.25) is 5.91 Å². The molecule has 1 saturated heterocycles. The number of carbonyl (C=O) groups excluding carboxylic acids is 1. The van der Waals surface area contributed by atoms with Gasteiger partial charge in [0.15, 0.2) is 0 Å². The number of aromatic nitrogens is 2. The van der Waals surface area contributed by atoms with Crippen LogP contribution in [0.4, 0.5) is 8.78 Å². The molecule has 0 atom stereocenters. The Bertz CT molecular complexity index is 698. The van der Waals surface area contributed by atoms with E-state index in [0.717, 1.165) is 17.1 Å². The Morgan fingerprint density at radius 3 is 2.77 bits per heavy atom. The lowest BCUT2D eigenvalue weighted by Crippen LogP contribution is -2.52. The molecule has 0 saturated carbocycles. The first-order valence-corrected chi connectivity index (χ1v) is 7.70. The molecular formula is C15H14BrF2N3O. The number of amides is 1. The Morgan fingerprint density at radius 2 is 2.14 bits per heavy atom. The monoisotopic (exact) mass is 369 g/mol. The zero-order valence-electron chi connectivity index (χ0n) is 11.7. The van der Waals surface area contributed by atoms with E-state index in [2.05, 4.69) is 21.0 Å². The highest BCUT2D eigenvalue weighted by atomic mass is 79.9. The van der Waals surface area contributed by atoms with Crippen LogP contribution in [0, 0.1) is 17.6 Å². The number of benzene rings is 1. The van der Waals surface area contributed by atoms with Crippen molar-refractivity contribution in [3.8, 4) is 0 Å². The van der Waals surface area contributed by atoms with Crippen LogP contribution in [0.5, 0.6) is 0 Å². The molecule has 2 heterocycles. The lowest BCUT2D eigenvalue weighted by Gasteiger charge is -2.39. The molecular weight excluding hydrogens is 356 g/mol. The minimum atomic E-state index is -0.674. The zero-order valence-corrected chi connectivity index (χ0v) is 13.3. The van der Waals surface area contributed by atoms with Gasteiger partial charge in [0.25, 0.3) is 0 Å². The van der Waals surface area contributed by atoms with E-state index in [1.807, 2.05) is 10.9 Å². The summed E-state index contributed by atoms with van der Waals surface area (Å²) in [4.78, 5) is 13.8. The third-order valence-electron chi connectivity index (χ3n) is 3.71. The quantitative estimate of drug-likeness (QED) is 0.830. The van der Waals surface area contributed by atoms with E-state index < -0.39 is 11.6 Å². The zero-order chi connectivity index (χ0) is 15.7.